The van der Waals surface area contributed by atoms with Gasteiger partial charge < -0.3 is 4.74 Å². The molecule has 0 fully saturated rings. The van der Waals surface area contributed by atoms with Crippen LogP contribution in [0.5, 0.6) is 5.75 Å². The number of benzene rings is 2. The fourth-order valence-electron chi connectivity index (χ4n) is 1.97. The molecule has 9 heteroatoms. The van der Waals surface area contributed by atoms with Gasteiger partial charge in [-0.3, -0.25) is 0 Å². The van der Waals surface area contributed by atoms with E-state index in [0.717, 1.165) is 0 Å². The van der Waals surface area contributed by atoms with Gasteiger partial charge in [0.05, 0.1) is 18.2 Å². The van der Waals surface area contributed by atoms with Crippen LogP contribution in [0.3, 0.4) is 0 Å². The van der Waals surface area contributed by atoms with E-state index in [1.54, 1.807) is 0 Å². The molecule has 0 radical (unpaired) electrons. The standard InChI is InChI=1S/C14H6F8O/c1-3-6(15)8(17)4(9(18)7(3)16)5-10(19)12(21)14(23-2)13(22)11(5)20/h1-2H3. The summed E-state index contributed by atoms with van der Waals surface area (Å²) < 4.78 is 114. The Morgan fingerprint density at radius 1 is 0.522 bits per heavy atom. The minimum Gasteiger partial charge on any atom is -0.491 e. The quantitative estimate of drug-likeness (QED) is 0.564. The molecule has 0 heterocycles. The molecule has 0 bridgehead atoms. The second-order valence-electron chi connectivity index (χ2n) is 4.42. The van der Waals surface area contributed by atoms with Crippen LogP contribution in [0.1, 0.15) is 5.56 Å². The van der Waals surface area contributed by atoms with Crippen LogP contribution in [0.25, 0.3) is 11.1 Å². The van der Waals surface area contributed by atoms with Gasteiger partial charge in [0.1, 0.15) is 0 Å². The summed E-state index contributed by atoms with van der Waals surface area (Å²) >= 11 is 0. The van der Waals surface area contributed by atoms with Crippen LogP contribution in [0.2, 0.25) is 0 Å². The maximum absolute atomic E-state index is 13.9. The topological polar surface area (TPSA) is 9.23 Å². The Labute approximate surface area is 124 Å². The first-order valence-electron chi connectivity index (χ1n) is 5.87. The first-order chi connectivity index (χ1) is 10.6. The highest BCUT2D eigenvalue weighted by atomic mass is 19.2. The lowest BCUT2D eigenvalue weighted by atomic mass is 9.99. The van der Waals surface area contributed by atoms with Crippen LogP contribution >= 0.6 is 0 Å². The van der Waals surface area contributed by atoms with Gasteiger partial charge in [-0.2, -0.15) is 8.78 Å². The van der Waals surface area contributed by atoms with E-state index in [4.69, 9.17) is 0 Å². The number of hydrogen-bond donors (Lipinski definition) is 0. The van der Waals surface area contributed by atoms with E-state index in [-0.39, 0.29) is 0 Å². The average molecular weight is 342 g/mol. The number of ether oxygens (including phenoxy) is 1. The smallest absolute Gasteiger partial charge is 0.204 e. The van der Waals surface area contributed by atoms with Crippen molar-refractivity contribution in [2.75, 3.05) is 7.11 Å². The molecule has 0 amide bonds. The molecule has 0 aliphatic heterocycles. The van der Waals surface area contributed by atoms with Crippen LogP contribution in [0.4, 0.5) is 35.1 Å². The third kappa shape index (κ3) is 2.30. The van der Waals surface area contributed by atoms with Crippen LogP contribution in [-0.4, -0.2) is 7.11 Å². The Bertz CT molecular complexity index is 757. The van der Waals surface area contributed by atoms with Gasteiger partial charge in [-0.05, 0) is 6.92 Å². The van der Waals surface area contributed by atoms with Crippen molar-refractivity contribution in [2.24, 2.45) is 0 Å². The molecule has 0 spiro atoms. The molecule has 2 rings (SSSR count). The molecule has 23 heavy (non-hydrogen) atoms. The van der Waals surface area contributed by atoms with E-state index >= 15 is 0 Å². The summed E-state index contributed by atoms with van der Waals surface area (Å²) in [5, 5.41) is 0. The van der Waals surface area contributed by atoms with E-state index in [0.29, 0.717) is 14.0 Å². The van der Waals surface area contributed by atoms with Crippen molar-refractivity contribution in [1.82, 2.24) is 0 Å². The predicted octanol–water partition coefficient (Wildman–Crippen LogP) is 4.78. The molecule has 2 aromatic carbocycles. The van der Waals surface area contributed by atoms with Crippen LogP contribution in [0, 0.1) is 53.5 Å². The lowest BCUT2D eigenvalue weighted by Crippen LogP contribution is -2.09. The molecule has 1 nitrogen and oxygen atoms in total. The minimum atomic E-state index is -2.26. The first-order valence-corrected chi connectivity index (χ1v) is 5.87. The number of halogens is 8. The SMILES string of the molecule is COc1c(F)c(F)c(-c2c(F)c(F)c(C)c(F)c2F)c(F)c1F. The molecule has 0 N–H and O–H groups in total. The Morgan fingerprint density at radius 3 is 1.13 bits per heavy atom. The van der Waals surface area contributed by atoms with Crippen LogP contribution in [0.15, 0.2) is 0 Å². The Balaban J connectivity index is 3.01. The normalized spacial score (nSPS) is 11.0. The van der Waals surface area contributed by atoms with Crippen molar-refractivity contribution >= 4 is 0 Å². The average Bonchev–Trinajstić information content (AvgIpc) is 2.53. The summed E-state index contributed by atoms with van der Waals surface area (Å²) in [7, 11) is 0.687. The molecule has 0 saturated heterocycles. The molecular formula is C14H6F8O. The molecule has 0 saturated carbocycles. The maximum atomic E-state index is 13.9. The lowest BCUT2D eigenvalue weighted by Gasteiger charge is -2.14. The zero-order chi connectivity index (χ0) is 17.6. The van der Waals surface area contributed by atoms with Gasteiger partial charge in [0.25, 0.3) is 0 Å². The van der Waals surface area contributed by atoms with Gasteiger partial charge >= 0.3 is 0 Å². The van der Waals surface area contributed by atoms with Crippen molar-refractivity contribution in [3.63, 3.8) is 0 Å². The van der Waals surface area contributed by atoms with Gasteiger partial charge in [0.15, 0.2) is 40.7 Å². The third-order valence-electron chi connectivity index (χ3n) is 3.16. The summed E-state index contributed by atoms with van der Waals surface area (Å²) in [5.41, 5.74) is -4.92. The third-order valence-corrected chi connectivity index (χ3v) is 3.16. The molecule has 124 valence electrons. The van der Waals surface area contributed by atoms with Crippen LogP contribution < -0.4 is 4.74 Å². The lowest BCUT2D eigenvalue weighted by molar-refractivity contribution is 0.333. The fourth-order valence-corrected chi connectivity index (χ4v) is 1.97. The van der Waals surface area contributed by atoms with Crippen molar-refractivity contribution in [2.45, 2.75) is 6.92 Å². The van der Waals surface area contributed by atoms with Gasteiger partial charge in [-0.15, -0.1) is 0 Å². The van der Waals surface area contributed by atoms with Crippen molar-refractivity contribution in [3.05, 3.63) is 52.1 Å². The summed E-state index contributed by atoms with van der Waals surface area (Å²) in [6.07, 6.45) is 0. The van der Waals surface area contributed by atoms with Crippen molar-refractivity contribution in [3.8, 4) is 16.9 Å². The molecule has 2 aromatic rings. The van der Waals surface area contributed by atoms with Gasteiger partial charge in [-0.1, -0.05) is 0 Å². The maximum Gasteiger partial charge on any atom is 0.204 e. The minimum absolute atomic E-state index is 0.669. The second kappa shape index (κ2) is 5.71. The Hall–Kier alpha value is -2.32. The zero-order valence-electron chi connectivity index (χ0n) is 11.4. The van der Waals surface area contributed by atoms with Gasteiger partial charge in [-0.25, -0.2) is 26.3 Å². The monoisotopic (exact) mass is 342 g/mol. The fraction of sp³-hybridized carbons (Fsp3) is 0.143. The van der Waals surface area contributed by atoms with Gasteiger partial charge in [0, 0.05) is 5.56 Å². The first kappa shape index (κ1) is 17.0. The highest BCUT2D eigenvalue weighted by molar-refractivity contribution is 5.68. The predicted molar refractivity (Wildman–Crippen MR) is 62.8 cm³/mol. The summed E-state index contributed by atoms with van der Waals surface area (Å²) in [6.45, 7) is 0.669. The van der Waals surface area contributed by atoms with E-state index in [2.05, 4.69) is 4.74 Å². The van der Waals surface area contributed by atoms with Crippen molar-refractivity contribution in [1.29, 1.82) is 0 Å². The highest BCUT2D eigenvalue weighted by Gasteiger charge is 2.33. The Kier molecular flexibility index (Phi) is 4.23. The largest absolute Gasteiger partial charge is 0.491 e. The molecule has 0 aromatic heterocycles. The molecular weight excluding hydrogens is 336 g/mol. The van der Waals surface area contributed by atoms with Gasteiger partial charge in [0.2, 0.25) is 11.6 Å². The highest BCUT2D eigenvalue weighted by Crippen LogP contribution is 2.39. The van der Waals surface area contributed by atoms with E-state index in [1.807, 2.05) is 0 Å². The summed E-state index contributed by atoms with van der Waals surface area (Å²) in [5.74, 6) is -18.5. The molecule has 0 aliphatic carbocycles. The Morgan fingerprint density at radius 2 is 0.826 bits per heavy atom. The zero-order valence-corrected chi connectivity index (χ0v) is 11.4. The molecule has 0 unspecified atom stereocenters. The van der Waals surface area contributed by atoms with E-state index < -0.39 is 69.0 Å². The van der Waals surface area contributed by atoms with Crippen molar-refractivity contribution < 1.29 is 39.9 Å². The number of rotatable bonds is 2. The molecule has 0 aliphatic rings. The second-order valence-corrected chi connectivity index (χ2v) is 4.42. The molecule has 0 atom stereocenters. The van der Waals surface area contributed by atoms with E-state index in [9.17, 15) is 35.1 Å². The number of hydrogen-bond acceptors (Lipinski definition) is 1. The van der Waals surface area contributed by atoms with Crippen LogP contribution in [-0.2, 0) is 0 Å². The number of methoxy groups -OCH3 is 1. The summed E-state index contributed by atoms with van der Waals surface area (Å²) in [4.78, 5) is 0. The summed E-state index contributed by atoms with van der Waals surface area (Å²) in [6, 6.07) is 0. The van der Waals surface area contributed by atoms with E-state index in [1.165, 1.54) is 0 Å².